The number of halogens is 1. The van der Waals surface area contributed by atoms with E-state index in [1.165, 1.54) is 0 Å². The third kappa shape index (κ3) is 3.20. The zero-order valence-corrected chi connectivity index (χ0v) is 12.5. The average Bonchev–Trinajstić information content (AvgIpc) is 3.06. The fourth-order valence-corrected chi connectivity index (χ4v) is 2.45. The summed E-state index contributed by atoms with van der Waals surface area (Å²) in [6, 6.07) is 11.3. The number of anilines is 1. The van der Waals surface area contributed by atoms with E-state index in [0.29, 0.717) is 17.1 Å². The van der Waals surface area contributed by atoms with Gasteiger partial charge in [-0.1, -0.05) is 23.7 Å². The lowest BCUT2D eigenvalue weighted by Crippen LogP contribution is -2.13. The number of carbonyl (C=O) groups is 1. The van der Waals surface area contributed by atoms with E-state index in [1.54, 1.807) is 12.1 Å². The fraction of sp³-hybridized carbons (Fsp3) is 0.125. The van der Waals surface area contributed by atoms with E-state index in [-0.39, 0.29) is 5.91 Å². The summed E-state index contributed by atoms with van der Waals surface area (Å²) in [6.07, 6.45) is 3.22. The normalized spacial score (nSPS) is 16.0. The summed E-state index contributed by atoms with van der Waals surface area (Å²) in [7, 11) is 0. The van der Waals surface area contributed by atoms with Gasteiger partial charge in [-0.3, -0.25) is 4.79 Å². The molecule has 0 saturated heterocycles. The molecule has 0 aliphatic carbocycles. The van der Waals surface area contributed by atoms with E-state index in [1.807, 2.05) is 30.3 Å². The predicted octanol–water partition coefficient (Wildman–Crippen LogP) is 2.75. The van der Waals surface area contributed by atoms with Crippen molar-refractivity contribution in [3.05, 3.63) is 58.4 Å². The van der Waals surface area contributed by atoms with Gasteiger partial charge in [0.15, 0.2) is 0 Å². The van der Waals surface area contributed by atoms with Gasteiger partial charge in [0.1, 0.15) is 5.15 Å². The van der Waals surface area contributed by atoms with E-state index >= 15 is 0 Å². The number of nitrogen functional groups attached to an aromatic ring is 1. The Hall–Kier alpha value is -2.53. The van der Waals surface area contributed by atoms with Crippen LogP contribution in [0.4, 0.5) is 5.69 Å². The largest absolute Gasteiger partial charge is 0.399 e. The predicted molar refractivity (Wildman–Crippen MR) is 88.5 cm³/mol. The quantitative estimate of drug-likeness (QED) is 0.599. The highest BCUT2D eigenvalue weighted by molar-refractivity contribution is 6.30. The Morgan fingerprint density at radius 2 is 1.91 bits per heavy atom. The lowest BCUT2D eigenvalue weighted by Gasteiger charge is -2.03. The molecule has 112 valence electrons. The average molecular weight is 315 g/mol. The van der Waals surface area contributed by atoms with Crippen molar-refractivity contribution in [3.63, 3.8) is 0 Å². The number of aryl methyl sites for hydroxylation is 1. The lowest BCUT2D eigenvalue weighted by molar-refractivity contribution is -0.116. The maximum atomic E-state index is 11.9. The van der Waals surface area contributed by atoms with Crippen molar-refractivity contribution in [1.29, 1.82) is 0 Å². The lowest BCUT2D eigenvalue weighted by atomic mass is 10.0. The van der Waals surface area contributed by atoms with Gasteiger partial charge < -0.3 is 10.7 Å². The Bertz CT molecular complexity index is 759. The first-order valence-electron chi connectivity index (χ1n) is 6.90. The van der Waals surface area contributed by atoms with Crippen LogP contribution >= 0.6 is 11.6 Å². The highest BCUT2D eigenvalue weighted by Gasteiger charge is 2.22. The molecule has 0 spiro atoms. The van der Waals surface area contributed by atoms with Gasteiger partial charge in [0.05, 0.1) is 11.3 Å². The van der Waals surface area contributed by atoms with Crippen LogP contribution in [-0.2, 0) is 11.2 Å². The summed E-state index contributed by atoms with van der Waals surface area (Å²) in [5.74, 6) is -0.196. The number of benzene rings is 1. The van der Waals surface area contributed by atoms with Gasteiger partial charge in [0, 0.05) is 11.4 Å². The molecule has 0 unspecified atom stereocenters. The van der Waals surface area contributed by atoms with Gasteiger partial charge in [0.2, 0.25) is 0 Å². The second-order valence-corrected chi connectivity index (χ2v) is 5.47. The van der Waals surface area contributed by atoms with Crippen molar-refractivity contribution in [1.82, 2.24) is 10.4 Å². The SMILES string of the molecule is Nc1ccc(CCC2=NNC(=O)C2=Cc2ccc(Cl)[nH]2)cc1. The maximum absolute atomic E-state index is 11.9. The number of nitrogens with two attached hydrogens (primary N) is 1. The Morgan fingerprint density at radius 1 is 1.14 bits per heavy atom. The molecule has 2 heterocycles. The molecule has 0 radical (unpaired) electrons. The minimum absolute atomic E-state index is 0.196. The van der Waals surface area contributed by atoms with Crippen molar-refractivity contribution in [3.8, 4) is 0 Å². The summed E-state index contributed by atoms with van der Waals surface area (Å²) < 4.78 is 0. The number of hydrogen-bond acceptors (Lipinski definition) is 3. The zero-order valence-electron chi connectivity index (χ0n) is 11.8. The Morgan fingerprint density at radius 3 is 2.59 bits per heavy atom. The zero-order chi connectivity index (χ0) is 15.5. The van der Waals surface area contributed by atoms with Crippen LogP contribution in [-0.4, -0.2) is 16.6 Å². The van der Waals surface area contributed by atoms with Crippen LogP contribution in [0.15, 0.2) is 47.1 Å². The molecule has 0 fully saturated rings. The minimum atomic E-state index is -0.196. The van der Waals surface area contributed by atoms with Gasteiger partial charge in [-0.15, -0.1) is 0 Å². The van der Waals surface area contributed by atoms with E-state index in [0.717, 1.165) is 29.1 Å². The molecule has 1 aliphatic rings. The number of aromatic amines is 1. The Labute approximate surface area is 132 Å². The third-order valence-corrected chi connectivity index (χ3v) is 3.67. The van der Waals surface area contributed by atoms with E-state index in [2.05, 4.69) is 15.5 Å². The summed E-state index contributed by atoms with van der Waals surface area (Å²) in [5.41, 5.74) is 12.1. The second-order valence-electron chi connectivity index (χ2n) is 5.06. The summed E-state index contributed by atoms with van der Waals surface area (Å²) in [5, 5.41) is 4.64. The molecular weight excluding hydrogens is 300 g/mol. The van der Waals surface area contributed by atoms with Crippen molar-refractivity contribution in [2.24, 2.45) is 5.10 Å². The van der Waals surface area contributed by atoms with E-state index < -0.39 is 0 Å². The molecule has 0 atom stereocenters. The number of nitrogens with one attached hydrogen (secondary N) is 2. The van der Waals surface area contributed by atoms with Gasteiger partial charge in [0.25, 0.3) is 5.91 Å². The monoisotopic (exact) mass is 314 g/mol. The number of carbonyl (C=O) groups excluding carboxylic acids is 1. The fourth-order valence-electron chi connectivity index (χ4n) is 2.28. The molecule has 1 aromatic heterocycles. The summed E-state index contributed by atoms with van der Waals surface area (Å²) in [4.78, 5) is 14.9. The standard InChI is InChI=1S/C16H15ClN4O/c17-15-8-6-12(19-15)9-13-14(20-21-16(13)22)7-3-10-1-4-11(18)5-2-10/h1-2,4-6,8-9,19H,3,7,18H2,(H,21,22). The van der Waals surface area contributed by atoms with Crippen LogP contribution < -0.4 is 11.2 Å². The number of aromatic nitrogens is 1. The molecule has 1 aromatic carbocycles. The molecule has 1 amide bonds. The highest BCUT2D eigenvalue weighted by Crippen LogP contribution is 2.17. The number of rotatable bonds is 4. The second kappa shape index (κ2) is 6.07. The number of H-pyrrole nitrogens is 1. The van der Waals surface area contributed by atoms with Crippen LogP contribution in [0.3, 0.4) is 0 Å². The van der Waals surface area contributed by atoms with Gasteiger partial charge in [-0.2, -0.15) is 5.10 Å². The van der Waals surface area contributed by atoms with E-state index in [4.69, 9.17) is 17.3 Å². The van der Waals surface area contributed by atoms with Gasteiger partial charge in [-0.05, 0) is 48.7 Å². The molecular formula is C16H15ClN4O. The maximum Gasteiger partial charge on any atom is 0.273 e. The first-order chi connectivity index (χ1) is 10.6. The van der Waals surface area contributed by atoms with Crippen LogP contribution in [0.2, 0.25) is 5.15 Å². The number of hydrazone groups is 1. The van der Waals surface area contributed by atoms with Gasteiger partial charge in [-0.25, -0.2) is 5.43 Å². The molecule has 5 nitrogen and oxygen atoms in total. The number of nitrogens with zero attached hydrogens (tertiary/aromatic N) is 1. The Kier molecular flexibility index (Phi) is 3.98. The van der Waals surface area contributed by atoms with Crippen molar-refractivity contribution in [2.45, 2.75) is 12.8 Å². The van der Waals surface area contributed by atoms with Crippen LogP contribution in [0.5, 0.6) is 0 Å². The van der Waals surface area contributed by atoms with Crippen LogP contribution in [0.25, 0.3) is 6.08 Å². The summed E-state index contributed by atoms with van der Waals surface area (Å²) in [6.45, 7) is 0. The highest BCUT2D eigenvalue weighted by atomic mass is 35.5. The molecule has 6 heteroatoms. The molecule has 0 saturated carbocycles. The first-order valence-corrected chi connectivity index (χ1v) is 7.27. The third-order valence-electron chi connectivity index (χ3n) is 3.45. The molecule has 0 bridgehead atoms. The van der Waals surface area contributed by atoms with Crippen LogP contribution in [0, 0.1) is 0 Å². The number of amides is 1. The van der Waals surface area contributed by atoms with Crippen molar-refractivity contribution >= 4 is 35.0 Å². The van der Waals surface area contributed by atoms with Gasteiger partial charge >= 0.3 is 0 Å². The smallest absolute Gasteiger partial charge is 0.273 e. The molecule has 4 N–H and O–H groups in total. The topological polar surface area (TPSA) is 83.3 Å². The number of hydrogen-bond donors (Lipinski definition) is 3. The molecule has 2 aromatic rings. The van der Waals surface area contributed by atoms with Crippen LogP contribution in [0.1, 0.15) is 17.7 Å². The van der Waals surface area contributed by atoms with Crippen molar-refractivity contribution < 1.29 is 4.79 Å². The molecule has 1 aliphatic heterocycles. The Balaban J connectivity index is 1.73. The minimum Gasteiger partial charge on any atom is -0.399 e. The molecule has 22 heavy (non-hydrogen) atoms. The molecule has 3 rings (SSSR count). The first kappa shape index (κ1) is 14.4. The van der Waals surface area contributed by atoms with E-state index in [9.17, 15) is 4.79 Å². The van der Waals surface area contributed by atoms with Crippen molar-refractivity contribution in [2.75, 3.05) is 5.73 Å². The summed E-state index contributed by atoms with van der Waals surface area (Å²) >= 11 is 5.85.